The Balaban J connectivity index is 1.06. The summed E-state index contributed by atoms with van der Waals surface area (Å²) in [5.74, 6) is -6.47. The molecule has 6 atom stereocenters. The summed E-state index contributed by atoms with van der Waals surface area (Å²) in [6.45, 7) is 6.92. The smallest absolute Gasteiger partial charge is 0.404 e. The van der Waals surface area contributed by atoms with Crippen LogP contribution in [-0.2, 0) is 52.8 Å². The van der Waals surface area contributed by atoms with Crippen molar-refractivity contribution in [1.29, 1.82) is 0 Å². The normalized spacial score (nSPS) is 29.3. The van der Waals surface area contributed by atoms with E-state index in [4.69, 9.17) is 18.9 Å². The van der Waals surface area contributed by atoms with Crippen LogP contribution in [0.1, 0.15) is 58.8 Å². The van der Waals surface area contributed by atoms with E-state index in [9.17, 15) is 42.1 Å². The van der Waals surface area contributed by atoms with E-state index in [0.717, 1.165) is 0 Å². The molecule has 1 aromatic heterocycles. The zero-order valence-corrected chi connectivity index (χ0v) is 29.4. The van der Waals surface area contributed by atoms with Crippen molar-refractivity contribution in [3.8, 4) is 5.88 Å². The molecule has 16 nitrogen and oxygen atoms in total. The van der Waals surface area contributed by atoms with Crippen LogP contribution in [0, 0.1) is 38.9 Å². The number of aromatic amines is 1. The number of aldehydes is 1. The van der Waals surface area contributed by atoms with Crippen LogP contribution < -0.4 is 9.34 Å². The van der Waals surface area contributed by atoms with Gasteiger partial charge in [0.15, 0.2) is 11.2 Å². The molecule has 52 heavy (non-hydrogen) atoms. The van der Waals surface area contributed by atoms with Gasteiger partial charge in [0, 0.05) is 30.6 Å². The van der Waals surface area contributed by atoms with Crippen molar-refractivity contribution in [3.05, 3.63) is 47.4 Å². The molecule has 0 amide bonds. The van der Waals surface area contributed by atoms with Crippen molar-refractivity contribution in [1.82, 2.24) is 5.16 Å². The second-order valence-corrected chi connectivity index (χ2v) is 16.2. The number of benzene rings is 1. The maximum Gasteiger partial charge on any atom is 0.404 e. The number of esters is 3. The number of Topliss-reactive ketones (excluding diaryl/α,β-unsaturated/α-hetero) is 2. The van der Waals surface area contributed by atoms with Crippen LogP contribution in [0.2, 0.25) is 0 Å². The SMILES string of the molecule is C=C1C(=O)[C@@]23C(=O)OC[C@]4(C(=O)CCC(C)(C)[C@H]4C=O)[C@@H]2CC[C@@H]1[C@H]3OC(=O)CCC(=O)OCCCOc1[nH]o[n+](=O)c1S(=O)(=O)c1ccccc1. The van der Waals surface area contributed by atoms with E-state index in [2.05, 4.69) is 16.4 Å². The Labute approximate surface area is 297 Å². The molecule has 0 radical (unpaired) electrons. The maximum atomic E-state index is 14.0. The number of fused-ring (bicyclic) bond motifs is 2. The van der Waals surface area contributed by atoms with Crippen LogP contribution >= 0.6 is 0 Å². The molecule has 2 bridgehead atoms. The molecule has 2 heterocycles. The van der Waals surface area contributed by atoms with E-state index in [0.29, 0.717) is 19.1 Å². The van der Waals surface area contributed by atoms with Gasteiger partial charge in [-0.3, -0.25) is 24.0 Å². The summed E-state index contributed by atoms with van der Waals surface area (Å²) in [6.07, 6.45) is -0.299. The summed E-state index contributed by atoms with van der Waals surface area (Å²) in [6, 6.07) is 7.19. The standard InChI is InChI=1S/C35H39N2O14S/c1-20-22-10-11-23-34(24(18-38)33(2,3)15-14-25(34)39)19-49-32(43)35(23,28(20)42)29(22)50-27(41)13-12-26(40)47-16-7-17-48-30-31(37(44)51-36-30)52(45,46)21-8-5-4-6-9-21/h4-6,8-9,18,22-24,29,36H,1,7,10-17,19H2,2-3H3/q+1/t22-,23-,24+,29+,34-,35-/m0/s1. The van der Waals surface area contributed by atoms with Gasteiger partial charge in [-0.25, -0.2) is 8.42 Å². The molecule has 1 aromatic carbocycles. The molecule has 1 N–H and O–H groups in total. The Bertz CT molecular complexity index is 2000. The molecule has 4 fully saturated rings. The number of H-pyrrole nitrogens is 1. The van der Waals surface area contributed by atoms with Crippen molar-refractivity contribution in [3.63, 3.8) is 0 Å². The minimum absolute atomic E-state index is 0.0674. The minimum Gasteiger partial charge on any atom is -0.466 e. The van der Waals surface area contributed by atoms with E-state index in [1.54, 1.807) is 6.07 Å². The summed E-state index contributed by atoms with van der Waals surface area (Å²) in [5.41, 5.74) is -4.05. The third-order valence-corrected chi connectivity index (χ3v) is 12.9. The molecule has 1 saturated heterocycles. The summed E-state index contributed by atoms with van der Waals surface area (Å²) < 4.78 is 52.1. The molecular weight excluding hydrogens is 704 g/mol. The van der Waals surface area contributed by atoms with Crippen molar-refractivity contribution in [2.24, 2.45) is 34.0 Å². The first-order valence-electron chi connectivity index (χ1n) is 17.0. The van der Waals surface area contributed by atoms with Crippen LogP contribution in [-0.4, -0.2) is 75.3 Å². The number of ketones is 2. The van der Waals surface area contributed by atoms with Gasteiger partial charge in [-0.1, -0.05) is 43.3 Å². The lowest BCUT2D eigenvalue weighted by Crippen LogP contribution is -2.70. The van der Waals surface area contributed by atoms with Crippen molar-refractivity contribution < 1.29 is 65.4 Å². The molecular formula is C35H39N2O14S+. The van der Waals surface area contributed by atoms with E-state index in [-0.39, 0.29) is 59.9 Å². The predicted molar refractivity (Wildman–Crippen MR) is 172 cm³/mol. The quantitative estimate of drug-likeness (QED) is 0.0822. The highest BCUT2D eigenvalue weighted by molar-refractivity contribution is 7.91. The fraction of sp³-hybridized carbons (Fsp3) is 0.543. The highest BCUT2D eigenvalue weighted by Crippen LogP contribution is 2.67. The average Bonchev–Trinajstić information content (AvgIpc) is 3.54. The lowest BCUT2D eigenvalue weighted by Gasteiger charge is -2.59. The van der Waals surface area contributed by atoms with Crippen molar-refractivity contribution in [2.75, 3.05) is 19.8 Å². The number of hydrogen-bond acceptors (Lipinski definition) is 14. The minimum atomic E-state index is -4.28. The number of sulfone groups is 1. The monoisotopic (exact) mass is 743 g/mol. The number of cyclic esters (lactones) is 1. The summed E-state index contributed by atoms with van der Waals surface area (Å²) in [7, 11) is -4.28. The summed E-state index contributed by atoms with van der Waals surface area (Å²) >= 11 is 0. The largest absolute Gasteiger partial charge is 0.466 e. The van der Waals surface area contributed by atoms with Crippen molar-refractivity contribution in [2.45, 2.75) is 74.8 Å². The van der Waals surface area contributed by atoms with Crippen LogP contribution in [0.4, 0.5) is 0 Å². The Morgan fingerprint density at radius 3 is 2.50 bits per heavy atom. The molecule has 4 aliphatic rings. The van der Waals surface area contributed by atoms with Gasteiger partial charge in [0.25, 0.3) is 9.84 Å². The number of rotatable bonds is 12. The lowest BCUT2D eigenvalue weighted by molar-refractivity contribution is -0.744. The summed E-state index contributed by atoms with van der Waals surface area (Å²) in [5, 5.41) is 1.32. The number of nitrogens with zero attached hydrogens (tertiary/aromatic N) is 1. The number of nitrogens with one attached hydrogen (secondary N) is 1. The fourth-order valence-electron chi connectivity index (χ4n) is 8.67. The Kier molecular flexibility index (Phi) is 9.61. The van der Waals surface area contributed by atoms with Crippen LogP contribution in [0.5, 0.6) is 5.88 Å². The van der Waals surface area contributed by atoms with Crippen molar-refractivity contribution >= 4 is 45.6 Å². The number of ether oxygens (including phenoxy) is 4. The van der Waals surface area contributed by atoms with E-state index < -0.39 is 97.4 Å². The third-order valence-electron chi connectivity index (χ3n) is 11.2. The zero-order chi connectivity index (χ0) is 37.6. The highest BCUT2D eigenvalue weighted by Gasteiger charge is 2.78. The fourth-order valence-corrected chi connectivity index (χ4v) is 9.98. The maximum absolute atomic E-state index is 14.0. The van der Waals surface area contributed by atoms with E-state index in [1.807, 2.05) is 13.8 Å². The average molecular weight is 744 g/mol. The molecule has 17 heteroatoms. The van der Waals surface area contributed by atoms with Gasteiger partial charge in [-0.2, -0.15) is 0 Å². The number of carbonyl (C=O) groups is 6. The van der Waals surface area contributed by atoms with Gasteiger partial charge in [-0.15, -0.1) is 0 Å². The van der Waals surface area contributed by atoms with Gasteiger partial charge in [0.2, 0.25) is 4.60 Å². The Morgan fingerprint density at radius 1 is 1.08 bits per heavy atom. The number of carbonyl (C=O) groups excluding carboxylic acids is 6. The number of aromatic nitrogens is 2. The first-order valence-corrected chi connectivity index (χ1v) is 18.4. The molecule has 6 rings (SSSR count). The van der Waals surface area contributed by atoms with Gasteiger partial charge in [-0.05, 0) is 52.4 Å². The van der Waals surface area contributed by atoms with Crippen LogP contribution in [0.25, 0.3) is 0 Å². The highest BCUT2D eigenvalue weighted by atomic mass is 32.2. The first-order chi connectivity index (χ1) is 24.6. The molecule has 278 valence electrons. The van der Waals surface area contributed by atoms with E-state index in [1.165, 1.54) is 24.3 Å². The third kappa shape index (κ3) is 5.69. The van der Waals surface area contributed by atoms with Gasteiger partial charge in [0.05, 0.1) is 36.4 Å². The van der Waals surface area contributed by atoms with Gasteiger partial charge in [0.1, 0.15) is 24.8 Å². The van der Waals surface area contributed by atoms with Gasteiger partial charge < -0.3 is 23.7 Å². The predicted octanol–water partition coefficient (Wildman–Crippen LogP) is 2.26. The molecule has 0 unspecified atom stereocenters. The Hall–Kier alpha value is -4.93. The second-order valence-electron chi connectivity index (χ2n) is 14.3. The molecule has 1 aliphatic heterocycles. The zero-order valence-electron chi connectivity index (χ0n) is 28.6. The van der Waals surface area contributed by atoms with Crippen LogP contribution in [0.3, 0.4) is 0 Å². The first kappa shape index (κ1) is 36.8. The topological polar surface area (TPSA) is 225 Å². The van der Waals surface area contributed by atoms with Gasteiger partial charge >= 0.3 is 28.8 Å². The molecule has 3 saturated carbocycles. The van der Waals surface area contributed by atoms with E-state index >= 15 is 0 Å². The number of hydrogen-bond donors (Lipinski definition) is 1. The molecule has 2 aromatic rings. The molecule has 2 spiro atoms. The lowest BCUT2D eigenvalue weighted by atomic mass is 9.44. The van der Waals surface area contributed by atoms with Crippen LogP contribution in [0.15, 0.2) is 57.0 Å². The Morgan fingerprint density at radius 2 is 1.79 bits per heavy atom. The second kappa shape index (κ2) is 13.6. The summed E-state index contributed by atoms with van der Waals surface area (Å²) in [4.78, 5) is 91.6. The molecule has 3 aliphatic carbocycles.